The molecule has 0 unspecified atom stereocenters. The lowest BCUT2D eigenvalue weighted by Gasteiger charge is -2.13. The van der Waals surface area contributed by atoms with Crippen LogP contribution in [0.5, 0.6) is 5.75 Å². The second-order valence-corrected chi connectivity index (χ2v) is 7.37. The van der Waals surface area contributed by atoms with Crippen molar-refractivity contribution >= 4 is 22.7 Å². The fraction of sp³-hybridized carbons (Fsp3) is 0.130. The maximum Gasteiger partial charge on any atom is 0.262 e. The van der Waals surface area contributed by atoms with E-state index in [9.17, 15) is 4.79 Å². The van der Waals surface area contributed by atoms with Gasteiger partial charge in [0.1, 0.15) is 5.75 Å². The second-order valence-electron chi connectivity index (χ2n) is 6.43. The topological polar surface area (TPSA) is 44.1 Å². The summed E-state index contributed by atoms with van der Waals surface area (Å²) in [5.41, 5.74) is 2.94. The van der Waals surface area contributed by atoms with Crippen molar-refractivity contribution in [1.29, 1.82) is 0 Å². The van der Waals surface area contributed by atoms with Crippen LogP contribution in [0.4, 0.5) is 0 Å². The molecule has 4 rings (SSSR count). The Kier molecular flexibility index (Phi) is 5.44. The molecule has 0 saturated heterocycles. The summed E-state index contributed by atoms with van der Waals surface area (Å²) < 4.78 is 6.99. The summed E-state index contributed by atoms with van der Waals surface area (Å²) in [6, 6.07) is 25.5. The molecular weight excluding hydrogens is 368 g/mol. The molecule has 0 saturated carbocycles. The van der Waals surface area contributed by atoms with E-state index >= 15 is 0 Å². The molecule has 0 aliphatic carbocycles. The predicted molar refractivity (Wildman–Crippen MR) is 114 cm³/mol. The zero-order chi connectivity index (χ0) is 19.3. The van der Waals surface area contributed by atoms with Crippen LogP contribution in [0.2, 0.25) is 0 Å². The number of hydrogen-bond acceptors (Lipinski definition) is 4. The maximum absolute atomic E-state index is 13.2. The van der Waals surface area contributed by atoms with Gasteiger partial charge in [0.15, 0.2) is 5.16 Å². The summed E-state index contributed by atoms with van der Waals surface area (Å²) in [5.74, 6) is 1.56. The van der Waals surface area contributed by atoms with Crippen LogP contribution >= 0.6 is 11.8 Å². The molecule has 0 spiro atoms. The molecule has 4 nitrogen and oxygen atoms in total. The first-order chi connectivity index (χ1) is 13.7. The first-order valence-electron chi connectivity index (χ1n) is 9.04. The minimum Gasteiger partial charge on any atom is -0.497 e. The third-order valence-electron chi connectivity index (χ3n) is 4.54. The lowest BCUT2D eigenvalue weighted by Crippen LogP contribution is -2.24. The highest BCUT2D eigenvalue weighted by Crippen LogP contribution is 2.23. The highest BCUT2D eigenvalue weighted by Gasteiger charge is 2.12. The largest absolute Gasteiger partial charge is 0.497 e. The van der Waals surface area contributed by atoms with Crippen molar-refractivity contribution in [3.8, 4) is 5.75 Å². The lowest BCUT2D eigenvalue weighted by atomic mass is 10.2. The van der Waals surface area contributed by atoms with Crippen molar-refractivity contribution in [1.82, 2.24) is 9.55 Å². The molecule has 1 heterocycles. The fourth-order valence-electron chi connectivity index (χ4n) is 3.03. The molecule has 5 heteroatoms. The molecule has 0 N–H and O–H groups in total. The van der Waals surface area contributed by atoms with Gasteiger partial charge in [0.25, 0.3) is 5.56 Å². The zero-order valence-corrected chi connectivity index (χ0v) is 16.4. The number of para-hydroxylation sites is 1. The van der Waals surface area contributed by atoms with Crippen LogP contribution in [0.1, 0.15) is 11.1 Å². The van der Waals surface area contributed by atoms with Crippen LogP contribution in [0.25, 0.3) is 10.9 Å². The Morgan fingerprint density at radius 2 is 1.61 bits per heavy atom. The molecule has 0 amide bonds. The van der Waals surface area contributed by atoms with Crippen molar-refractivity contribution in [2.45, 2.75) is 17.5 Å². The summed E-state index contributed by atoms with van der Waals surface area (Å²) in [6.07, 6.45) is 0. The smallest absolute Gasteiger partial charge is 0.262 e. The van der Waals surface area contributed by atoms with Crippen molar-refractivity contribution in [3.63, 3.8) is 0 Å². The third kappa shape index (κ3) is 3.94. The van der Waals surface area contributed by atoms with E-state index in [0.29, 0.717) is 11.9 Å². The van der Waals surface area contributed by atoms with Crippen LogP contribution in [0, 0.1) is 0 Å². The Morgan fingerprint density at radius 3 is 2.36 bits per heavy atom. The summed E-state index contributed by atoms with van der Waals surface area (Å²) in [4.78, 5) is 18.0. The fourth-order valence-corrected chi connectivity index (χ4v) is 3.99. The van der Waals surface area contributed by atoms with Gasteiger partial charge in [0, 0.05) is 5.75 Å². The number of methoxy groups -OCH3 is 1. The number of rotatable bonds is 6. The maximum atomic E-state index is 13.2. The van der Waals surface area contributed by atoms with Crippen molar-refractivity contribution in [2.75, 3.05) is 7.11 Å². The molecule has 4 aromatic rings. The highest BCUT2D eigenvalue weighted by molar-refractivity contribution is 7.98. The molecule has 28 heavy (non-hydrogen) atoms. The average molecular weight is 388 g/mol. The average Bonchev–Trinajstić information content (AvgIpc) is 2.76. The SMILES string of the molecule is COc1ccc(Cn2c(SCc3ccccc3)nc3ccccc3c2=O)cc1. The second kappa shape index (κ2) is 8.31. The minimum atomic E-state index is -0.0167. The molecule has 3 aromatic carbocycles. The number of thioether (sulfide) groups is 1. The molecule has 0 aliphatic rings. The minimum absolute atomic E-state index is 0.0167. The quantitative estimate of drug-likeness (QED) is 0.353. The molecular formula is C23H20N2O2S. The molecule has 0 radical (unpaired) electrons. The summed E-state index contributed by atoms with van der Waals surface area (Å²) in [6.45, 7) is 0.470. The van der Waals surface area contributed by atoms with Crippen LogP contribution in [-0.2, 0) is 12.3 Å². The van der Waals surface area contributed by atoms with Gasteiger partial charge in [0.2, 0.25) is 0 Å². The molecule has 140 valence electrons. The van der Waals surface area contributed by atoms with Crippen LogP contribution in [0.15, 0.2) is 88.8 Å². The first kappa shape index (κ1) is 18.3. The van der Waals surface area contributed by atoms with E-state index in [1.807, 2.05) is 66.7 Å². The van der Waals surface area contributed by atoms with Crippen molar-refractivity contribution in [3.05, 3.63) is 100 Å². The number of benzene rings is 3. The number of nitrogens with zero attached hydrogens (tertiary/aromatic N) is 2. The molecule has 0 bridgehead atoms. The van der Waals surface area contributed by atoms with E-state index < -0.39 is 0 Å². The monoisotopic (exact) mass is 388 g/mol. The molecule has 0 atom stereocenters. The Morgan fingerprint density at radius 1 is 0.893 bits per heavy atom. The number of ether oxygens (including phenoxy) is 1. The van der Waals surface area contributed by atoms with Crippen LogP contribution < -0.4 is 10.3 Å². The Balaban J connectivity index is 1.72. The third-order valence-corrected chi connectivity index (χ3v) is 5.58. The molecule has 0 fully saturated rings. The van der Waals surface area contributed by atoms with Crippen molar-refractivity contribution < 1.29 is 4.74 Å². The number of fused-ring (bicyclic) bond motifs is 1. The summed E-state index contributed by atoms with van der Waals surface area (Å²) >= 11 is 1.58. The van der Waals surface area contributed by atoms with Gasteiger partial charge in [0.05, 0.1) is 24.6 Å². The van der Waals surface area contributed by atoms with Gasteiger partial charge >= 0.3 is 0 Å². The van der Waals surface area contributed by atoms with Gasteiger partial charge in [-0.1, -0.05) is 66.4 Å². The number of aromatic nitrogens is 2. The van der Waals surface area contributed by atoms with Gasteiger partial charge in [-0.2, -0.15) is 0 Å². The molecule has 1 aromatic heterocycles. The van der Waals surface area contributed by atoms with Gasteiger partial charge in [-0.15, -0.1) is 0 Å². The van der Waals surface area contributed by atoms with E-state index in [0.717, 1.165) is 27.7 Å². The Bertz CT molecular complexity index is 1140. The van der Waals surface area contributed by atoms with E-state index in [1.54, 1.807) is 23.4 Å². The van der Waals surface area contributed by atoms with Gasteiger partial charge in [-0.3, -0.25) is 9.36 Å². The van der Waals surface area contributed by atoms with Crippen molar-refractivity contribution in [2.24, 2.45) is 0 Å². The normalized spacial score (nSPS) is 10.9. The van der Waals surface area contributed by atoms with E-state index in [-0.39, 0.29) is 5.56 Å². The summed E-state index contributed by atoms with van der Waals surface area (Å²) in [5, 5.41) is 1.36. The van der Waals surface area contributed by atoms with Gasteiger partial charge in [-0.25, -0.2) is 4.98 Å². The number of hydrogen-bond donors (Lipinski definition) is 0. The Labute approximate surface area is 167 Å². The van der Waals surface area contributed by atoms with Crippen LogP contribution in [-0.4, -0.2) is 16.7 Å². The van der Waals surface area contributed by atoms with Gasteiger partial charge in [-0.05, 0) is 35.4 Å². The van der Waals surface area contributed by atoms with E-state index in [1.165, 1.54) is 5.56 Å². The highest BCUT2D eigenvalue weighted by atomic mass is 32.2. The standard InChI is InChI=1S/C23H20N2O2S/c1-27-19-13-11-17(12-14-19)15-25-22(26)20-9-5-6-10-21(20)24-23(25)28-16-18-7-3-2-4-8-18/h2-14H,15-16H2,1H3. The summed E-state index contributed by atoms with van der Waals surface area (Å²) in [7, 11) is 1.64. The first-order valence-corrected chi connectivity index (χ1v) is 10.0. The molecule has 0 aliphatic heterocycles. The predicted octanol–water partition coefficient (Wildman–Crippen LogP) is 4.75. The lowest BCUT2D eigenvalue weighted by molar-refractivity contribution is 0.414. The van der Waals surface area contributed by atoms with E-state index in [2.05, 4.69) is 12.1 Å². The van der Waals surface area contributed by atoms with Gasteiger partial charge < -0.3 is 4.74 Å². The van der Waals surface area contributed by atoms with Crippen LogP contribution in [0.3, 0.4) is 0 Å². The van der Waals surface area contributed by atoms with E-state index in [4.69, 9.17) is 9.72 Å². The zero-order valence-electron chi connectivity index (χ0n) is 15.5. The Hall–Kier alpha value is -3.05.